The minimum Gasteiger partial charge on any atom is -0.347 e. The fourth-order valence-corrected chi connectivity index (χ4v) is 5.91. The van der Waals surface area contributed by atoms with E-state index in [-0.39, 0.29) is 10.8 Å². The number of carbonyl (C=O) groups is 1. The summed E-state index contributed by atoms with van der Waals surface area (Å²) in [6.45, 7) is 5.35. The number of carbonyl (C=O) groups excluding carboxylic acids is 1. The van der Waals surface area contributed by atoms with Crippen LogP contribution in [-0.2, 0) is 23.6 Å². The third-order valence-corrected chi connectivity index (χ3v) is 8.28. The number of sulfonamides is 1. The minimum absolute atomic E-state index is 0.246. The second kappa shape index (κ2) is 7.04. The van der Waals surface area contributed by atoms with Gasteiger partial charge in [-0.25, -0.2) is 8.42 Å². The van der Waals surface area contributed by atoms with Crippen molar-refractivity contribution in [3.8, 4) is 0 Å². The number of piperidine rings is 1. The highest BCUT2D eigenvalue weighted by molar-refractivity contribution is 7.89. The molecule has 2 heterocycles. The van der Waals surface area contributed by atoms with Gasteiger partial charge < -0.3 is 9.88 Å². The van der Waals surface area contributed by atoms with Gasteiger partial charge in [-0.1, -0.05) is 24.3 Å². The van der Waals surface area contributed by atoms with Crippen LogP contribution in [0.3, 0.4) is 0 Å². The molecule has 6 nitrogen and oxygen atoms in total. The average Bonchev–Trinajstić information content (AvgIpc) is 3.39. The smallest absolute Gasteiger partial charge is 0.268 e. The maximum Gasteiger partial charge on any atom is 0.268 e. The zero-order chi connectivity index (χ0) is 20.1. The Hall–Kier alpha value is -2.12. The second-order valence-corrected chi connectivity index (χ2v) is 9.96. The van der Waals surface area contributed by atoms with E-state index in [2.05, 4.69) is 5.32 Å². The number of nitrogens with one attached hydrogen (secondary N) is 1. The summed E-state index contributed by atoms with van der Waals surface area (Å²) < 4.78 is 29.6. The van der Waals surface area contributed by atoms with Crippen molar-refractivity contribution in [3.63, 3.8) is 0 Å². The van der Waals surface area contributed by atoms with E-state index in [9.17, 15) is 13.2 Å². The number of hydrogen-bond acceptors (Lipinski definition) is 3. The molecule has 7 heteroatoms. The van der Waals surface area contributed by atoms with Gasteiger partial charge in [-0.3, -0.25) is 4.79 Å². The summed E-state index contributed by atoms with van der Waals surface area (Å²) in [5.41, 5.74) is 3.12. The van der Waals surface area contributed by atoms with Crippen LogP contribution in [0.2, 0.25) is 0 Å². The molecule has 0 spiro atoms. The third kappa shape index (κ3) is 3.37. The van der Waals surface area contributed by atoms with Crippen molar-refractivity contribution in [1.29, 1.82) is 0 Å². The van der Waals surface area contributed by atoms with E-state index in [4.69, 9.17) is 0 Å². The van der Waals surface area contributed by atoms with Gasteiger partial charge in [0.2, 0.25) is 10.0 Å². The van der Waals surface area contributed by atoms with Gasteiger partial charge in [0, 0.05) is 32.4 Å². The molecule has 2 aromatic rings. The van der Waals surface area contributed by atoms with E-state index in [1.54, 1.807) is 22.8 Å². The van der Waals surface area contributed by atoms with Crippen molar-refractivity contribution in [2.75, 3.05) is 13.1 Å². The largest absolute Gasteiger partial charge is 0.347 e. The molecule has 2 unspecified atom stereocenters. The number of benzene rings is 1. The van der Waals surface area contributed by atoms with Crippen molar-refractivity contribution in [2.45, 2.75) is 38.1 Å². The Morgan fingerprint density at radius 3 is 2.68 bits per heavy atom. The van der Waals surface area contributed by atoms with E-state index in [0.29, 0.717) is 42.9 Å². The molecule has 1 aliphatic heterocycles. The van der Waals surface area contributed by atoms with Gasteiger partial charge >= 0.3 is 0 Å². The van der Waals surface area contributed by atoms with Gasteiger partial charge in [-0.15, -0.1) is 0 Å². The van der Waals surface area contributed by atoms with Gasteiger partial charge in [0.1, 0.15) is 10.6 Å². The van der Waals surface area contributed by atoms with Gasteiger partial charge in [0.15, 0.2) is 0 Å². The lowest BCUT2D eigenvalue weighted by molar-refractivity contribution is 0.0942. The highest BCUT2D eigenvalue weighted by Crippen LogP contribution is 2.46. The standard InChI is InChI=1S/C21H27N3O3S/c1-14-6-4-5-7-17(14)12-22-21(25)19-11-20(15(2)23(19)3)28(26,27)24-9-8-16-10-18(16)13-24/h4-7,11,16,18H,8-10,12-13H2,1-3H3,(H,22,25). The number of aromatic nitrogens is 1. The predicted molar refractivity (Wildman–Crippen MR) is 107 cm³/mol. The number of fused-ring (bicyclic) bond motifs is 1. The summed E-state index contributed by atoms with van der Waals surface area (Å²) in [5, 5.41) is 2.91. The van der Waals surface area contributed by atoms with Crippen LogP contribution in [0.4, 0.5) is 0 Å². The van der Waals surface area contributed by atoms with Gasteiger partial charge in [0.25, 0.3) is 5.91 Å². The van der Waals surface area contributed by atoms with E-state index < -0.39 is 10.0 Å². The highest BCUT2D eigenvalue weighted by atomic mass is 32.2. The fourth-order valence-electron chi connectivity index (χ4n) is 4.13. The molecule has 1 saturated carbocycles. The number of hydrogen-bond donors (Lipinski definition) is 1. The molecule has 4 rings (SSSR count). The molecule has 1 amide bonds. The molecule has 1 saturated heterocycles. The number of rotatable bonds is 5. The van der Waals surface area contributed by atoms with Crippen molar-refractivity contribution in [2.24, 2.45) is 18.9 Å². The van der Waals surface area contributed by atoms with Crippen molar-refractivity contribution in [1.82, 2.24) is 14.2 Å². The van der Waals surface area contributed by atoms with Crippen LogP contribution in [-0.4, -0.2) is 36.3 Å². The summed E-state index contributed by atoms with van der Waals surface area (Å²) in [6, 6.07) is 9.40. The first-order valence-corrected chi connectivity index (χ1v) is 11.2. The summed E-state index contributed by atoms with van der Waals surface area (Å²) in [5.74, 6) is 0.965. The van der Waals surface area contributed by atoms with Gasteiger partial charge in [0.05, 0.1) is 0 Å². The van der Waals surface area contributed by atoms with Crippen molar-refractivity contribution in [3.05, 3.63) is 52.8 Å². The molecule has 1 aromatic heterocycles. The summed E-state index contributed by atoms with van der Waals surface area (Å²) >= 11 is 0. The molecule has 2 fully saturated rings. The maximum absolute atomic E-state index is 13.2. The molecular formula is C21H27N3O3S. The Labute approximate surface area is 166 Å². The fraction of sp³-hybridized carbons (Fsp3) is 0.476. The van der Waals surface area contributed by atoms with Crippen LogP contribution in [0, 0.1) is 25.7 Å². The van der Waals surface area contributed by atoms with Crippen molar-refractivity contribution >= 4 is 15.9 Å². The monoisotopic (exact) mass is 401 g/mol. The Kier molecular flexibility index (Phi) is 4.83. The van der Waals surface area contributed by atoms with E-state index in [1.165, 1.54) is 6.07 Å². The van der Waals surface area contributed by atoms with Gasteiger partial charge in [-0.05, 0) is 55.7 Å². The molecule has 1 N–H and O–H groups in total. The third-order valence-electron chi connectivity index (χ3n) is 6.30. The Morgan fingerprint density at radius 2 is 1.96 bits per heavy atom. The molecule has 2 atom stereocenters. The number of amides is 1. The van der Waals surface area contributed by atoms with Crippen molar-refractivity contribution < 1.29 is 13.2 Å². The molecule has 1 aliphatic carbocycles. The van der Waals surface area contributed by atoms with E-state index in [1.807, 2.05) is 31.2 Å². The zero-order valence-corrected chi connectivity index (χ0v) is 17.4. The quantitative estimate of drug-likeness (QED) is 0.837. The summed E-state index contributed by atoms with van der Waals surface area (Å²) in [4.78, 5) is 13.0. The molecule has 0 radical (unpaired) electrons. The van der Waals surface area contributed by atoms with Crippen LogP contribution in [0.1, 0.15) is 40.2 Å². The Bertz CT molecular complexity index is 1030. The Morgan fingerprint density at radius 1 is 1.21 bits per heavy atom. The molecule has 28 heavy (non-hydrogen) atoms. The lowest BCUT2D eigenvalue weighted by Crippen LogP contribution is -2.37. The first-order valence-electron chi connectivity index (χ1n) is 9.78. The normalized spacial score (nSPS) is 22.0. The van der Waals surface area contributed by atoms with E-state index >= 15 is 0 Å². The van der Waals surface area contributed by atoms with Crippen LogP contribution < -0.4 is 5.32 Å². The molecule has 0 bridgehead atoms. The van der Waals surface area contributed by atoms with Crippen LogP contribution >= 0.6 is 0 Å². The summed E-state index contributed by atoms with van der Waals surface area (Å²) in [7, 11) is -1.84. The molecule has 1 aromatic carbocycles. The molecule has 150 valence electrons. The number of aryl methyl sites for hydroxylation is 1. The first-order chi connectivity index (χ1) is 13.3. The maximum atomic E-state index is 13.2. The highest BCUT2D eigenvalue weighted by Gasteiger charge is 2.45. The lowest BCUT2D eigenvalue weighted by Gasteiger charge is -2.25. The molecular weight excluding hydrogens is 374 g/mol. The summed E-state index contributed by atoms with van der Waals surface area (Å²) in [6.07, 6.45) is 2.09. The lowest BCUT2D eigenvalue weighted by atomic mass is 10.1. The number of nitrogens with zero attached hydrogens (tertiary/aromatic N) is 2. The van der Waals surface area contributed by atoms with Crippen LogP contribution in [0.25, 0.3) is 0 Å². The Balaban J connectivity index is 1.54. The second-order valence-electron chi connectivity index (χ2n) is 8.06. The first kappa shape index (κ1) is 19.2. The zero-order valence-electron chi connectivity index (χ0n) is 16.6. The topological polar surface area (TPSA) is 71.4 Å². The van der Waals surface area contributed by atoms with Crippen LogP contribution in [0.15, 0.2) is 35.2 Å². The average molecular weight is 402 g/mol. The molecule has 2 aliphatic rings. The SMILES string of the molecule is Cc1ccccc1CNC(=O)c1cc(S(=O)(=O)N2CCC3CC3C2)c(C)n1C. The predicted octanol–water partition coefficient (Wildman–Crippen LogP) is 2.60. The minimum atomic E-state index is -3.58. The van der Waals surface area contributed by atoms with Gasteiger partial charge in [-0.2, -0.15) is 4.31 Å². The van der Waals surface area contributed by atoms with E-state index in [0.717, 1.165) is 24.0 Å². The van der Waals surface area contributed by atoms with Crippen LogP contribution in [0.5, 0.6) is 0 Å².